The topological polar surface area (TPSA) is 82.2 Å². The Morgan fingerprint density at radius 2 is 2.05 bits per heavy atom. The number of aromatic amines is 1. The number of rotatable bonds is 2. The third-order valence-corrected chi connectivity index (χ3v) is 3.55. The third-order valence-electron chi connectivity index (χ3n) is 3.55. The van der Waals surface area contributed by atoms with Gasteiger partial charge in [-0.15, -0.1) is 0 Å². The number of hydrogen-bond acceptors (Lipinski definition) is 3. The monoisotopic (exact) mass is 270 g/mol. The molecule has 1 aliphatic rings. The van der Waals surface area contributed by atoms with Gasteiger partial charge in [-0.3, -0.25) is 9.59 Å². The molecule has 1 aliphatic carbocycles. The van der Waals surface area contributed by atoms with Crippen molar-refractivity contribution >= 4 is 5.91 Å². The molecule has 2 atom stereocenters. The highest BCUT2D eigenvalue weighted by atomic mass is 16.3. The van der Waals surface area contributed by atoms with Gasteiger partial charge in [0.15, 0.2) is 0 Å². The summed E-state index contributed by atoms with van der Waals surface area (Å²) in [6.07, 6.45) is 1.31. The maximum Gasteiger partial charge on any atom is 0.260 e. The number of aliphatic hydroxyl groups excluding tert-OH is 1. The van der Waals surface area contributed by atoms with Crippen LogP contribution in [0, 0.1) is 0 Å². The lowest BCUT2D eigenvalue weighted by molar-refractivity contribution is 0.0856. The molecule has 5 nitrogen and oxygen atoms in total. The van der Waals surface area contributed by atoms with E-state index in [0.717, 1.165) is 11.1 Å². The highest BCUT2D eigenvalue weighted by Crippen LogP contribution is 2.31. The summed E-state index contributed by atoms with van der Waals surface area (Å²) >= 11 is 0. The summed E-state index contributed by atoms with van der Waals surface area (Å²) in [6, 6.07) is 10.2. The Bertz CT molecular complexity index is 708. The highest BCUT2D eigenvalue weighted by molar-refractivity contribution is 5.94. The SMILES string of the molecule is O=C(NC1c2ccccc2CC1O)c1ccc[nH]c1=O. The van der Waals surface area contributed by atoms with Crippen molar-refractivity contribution in [1.82, 2.24) is 10.3 Å². The average Bonchev–Trinajstić information content (AvgIpc) is 2.76. The summed E-state index contributed by atoms with van der Waals surface area (Å²) in [4.78, 5) is 26.2. The molecule has 1 heterocycles. The molecule has 1 aromatic heterocycles. The fourth-order valence-corrected chi connectivity index (χ4v) is 2.57. The number of aromatic nitrogens is 1. The first-order valence-corrected chi connectivity index (χ1v) is 6.41. The van der Waals surface area contributed by atoms with Crippen molar-refractivity contribution in [3.63, 3.8) is 0 Å². The zero-order chi connectivity index (χ0) is 14.1. The maximum absolute atomic E-state index is 12.1. The number of carbonyl (C=O) groups is 1. The standard InChI is InChI=1S/C15H14N2O3/c18-12-8-9-4-1-2-5-10(9)13(12)17-15(20)11-6-3-7-16-14(11)19/h1-7,12-13,18H,8H2,(H,16,19)(H,17,20). The summed E-state index contributed by atoms with van der Waals surface area (Å²) in [5.74, 6) is -0.479. The van der Waals surface area contributed by atoms with E-state index in [1.807, 2.05) is 24.3 Å². The van der Waals surface area contributed by atoms with E-state index in [1.54, 1.807) is 6.07 Å². The van der Waals surface area contributed by atoms with Crippen molar-refractivity contribution in [1.29, 1.82) is 0 Å². The molecule has 0 bridgehead atoms. The minimum Gasteiger partial charge on any atom is -0.390 e. The van der Waals surface area contributed by atoms with Gasteiger partial charge in [0, 0.05) is 12.6 Å². The second-order valence-corrected chi connectivity index (χ2v) is 4.83. The zero-order valence-electron chi connectivity index (χ0n) is 10.7. The fraction of sp³-hybridized carbons (Fsp3) is 0.200. The number of H-pyrrole nitrogens is 1. The zero-order valence-corrected chi connectivity index (χ0v) is 10.7. The number of aliphatic hydroxyl groups is 1. The van der Waals surface area contributed by atoms with Crippen molar-refractivity contribution in [2.45, 2.75) is 18.6 Å². The predicted octanol–water partition coefficient (Wildman–Crippen LogP) is 0.763. The Morgan fingerprint density at radius 1 is 1.25 bits per heavy atom. The summed E-state index contributed by atoms with van der Waals surface area (Å²) < 4.78 is 0. The van der Waals surface area contributed by atoms with Crippen LogP contribution in [0.2, 0.25) is 0 Å². The molecule has 3 N–H and O–H groups in total. The van der Waals surface area contributed by atoms with Crippen LogP contribution in [0.3, 0.4) is 0 Å². The summed E-state index contributed by atoms with van der Waals surface area (Å²) in [5, 5.41) is 12.8. The molecule has 0 aliphatic heterocycles. The molecule has 0 spiro atoms. The van der Waals surface area contributed by atoms with E-state index in [4.69, 9.17) is 0 Å². The minimum atomic E-state index is -0.667. The molecule has 20 heavy (non-hydrogen) atoms. The number of nitrogens with one attached hydrogen (secondary N) is 2. The van der Waals surface area contributed by atoms with E-state index < -0.39 is 23.6 Å². The van der Waals surface area contributed by atoms with Crippen LogP contribution in [0.25, 0.3) is 0 Å². The number of fused-ring (bicyclic) bond motifs is 1. The largest absolute Gasteiger partial charge is 0.390 e. The number of benzene rings is 1. The smallest absolute Gasteiger partial charge is 0.260 e. The molecule has 0 saturated heterocycles. The molecule has 1 amide bonds. The molecule has 102 valence electrons. The second kappa shape index (κ2) is 4.94. The molecule has 0 saturated carbocycles. The van der Waals surface area contributed by atoms with Crippen LogP contribution in [0.1, 0.15) is 27.5 Å². The van der Waals surface area contributed by atoms with Crippen LogP contribution in [0.4, 0.5) is 0 Å². The molecular formula is C15H14N2O3. The van der Waals surface area contributed by atoms with Crippen molar-refractivity contribution in [3.05, 3.63) is 69.6 Å². The number of amides is 1. The van der Waals surface area contributed by atoms with Gasteiger partial charge >= 0.3 is 0 Å². The van der Waals surface area contributed by atoms with Crippen molar-refractivity contribution in [2.75, 3.05) is 0 Å². The quantitative estimate of drug-likeness (QED) is 0.753. The Labute approximate surface area is 115 Å². The predicted molar refractivity (Wildman–Crippen MR) is 73.4 cm³/mol. The summed E-state index contributed by atoms with van der Waals surface area (Å²) in [7, 11) is 0. The van der Waals surface area contributed by atoms with E-state index >= 15 is 0 Å². The number of hydrogen-bond donors (Lipinski definition) is 3. The Kier molecular flexibility index (Phi) is 3.12. The molecule has 5 heteroatoms. The Balaban J connectivity index is 1.87. The Hall–Kier alpha value is -2.40. The van der Waals surface area contributed by atoms with E-state index in [1.165, 1.54) is 12.3 Å². The molecule has 0 fully saturated rings. The van der Waals surface area contributed by atoms with E-state index in [0.29, 0.717) is 6.42 Å². The fourth-order valence-electron chi connectivity index (χ4n) is 2.57. The van der Waals surface area contributed by atoms with Gasteiger partial charge < -0.3 is 15.4 Å². The van der Waals surface area contributed by atoms with E-state index in [-0.39, 0.29) is 5.56 Å². The first-order chi connectivity index (χ1) is 9.66. The van der Waals surface area contributed by atoms with Crippen molar-refractivity contribution in [3.8, 4) is 0 Å². The van der Waals surface area contributed by atoms with Crippen molar-refractivity contribution < 1.29 is 9.90 Å². The van der Waals surface area contributed by atoms with Gasteiger partial charge in [-0.05, 0) is 23.3 Å². The van der Waals surface area contributed by atoms with Crippen LogP contribution < -0.4 is 10.9 Å². The molecule has 0 radical (unpaired) electrons. The van der Waals surface area contributed by atoms with Gasteiger partial charge in [0.25, 0.3) is 11.5 Å². The number of pyridine rings is 1. The van der Waals surface area contributed by atoms with E-state index in [2.05, 4.69) is 10.3 Å². The van der Waals surface area contributed by atoms with Gasteiger partial charge in [0.1, 0.15) is 5.56 Å². The lowest BCUT2D eigenvalue weighted by Crippen LogP contribution is -2.36. The van der Waals surface area contributed by atoms with Gasteiger partial charge in [0.05, 0.1) is 12.1 Å². The van der Waals surface area contributed by atoms with Crippen LogP contribution in [-0.4, -0.2) is 22.1 Å². The first-order valence-electron chi connectivity index (χ1n) is 6.41. The second-order valence-electron chi connectivity index (χ2n) is 4.83. The van der Waals surface area contributed by atoms with Gasteiger partial charge in [0.2, 0.25) is 0 Å². The molecule has 2 aromatic rings. The summed E-state index contributed by atoms with van der Waals surface area (Å²) in [5.41, 5.74) is 1.53. The highest BCUT2D eigenvalue weighted by Gasteiger charge is 2.32. The van der Waals surface area contributed by atoms with Gasteiger partial charge in [-0.1, -0.05) is 24.3 Å². The van der Waals surface area contributed by atoms with Crippen molar-refractivity contribution in [2.24, 2.45) is 0 Å². The molecule has 1 aromatic carbocycles. The lowest BCUT2D eigenvalue weighted by atomic mass is 10.1. The van der Waals surface area contributed by atoms with Crippen LogP contribution in [-0.2, 0) is 6.42 Å². The van der Waals surface area contributed by atoms with Crippen LogP contribution in [0.15, 0.2) is 47.4 Å². The Morgan fingerprint density at radius 3 is 2.85 bits per heavy atom. The minimum absolute atomic E-state index is 0.0454. The lowest BCUT2D eigenvalue weighted by Gasteiger charge is -2.17. The maximum atomic E-state index is 12.1. The normalized spacial score (nSPS) is 20.4. The van der Waals surface area contributed by atoms with Gasteiger partial charge in [-0.2, -0.15) is 0 Å². The molecule has 2 unspecified atom stereocenters. The summed E-state index contributed by atoms with van der Waals surface area (Å²) in [6.45, 7) is 0. The molecule has 3 rings (SSSR count). The number of carbonyl (C=O) groups excluding carboxylic acids is 1. The van der Waals surface area contributed by atoms with Crippen LogP contribution in [0.5, 0.6) is 0 Å². The van der Waals surface area contributed by atoms with E-state index in [9.17, 15) is 14.7 Å². The first kappa shape index (κ1) is 12.6. The third kappa shape index (κ3) is 2.12. The van der Waals surface area contributed by atoms with Gasteiger partial charge in [-0.25, -0.2) is 0 Å². The average molecular weight is 270 g/mol. The van der Waals surface area contributed by atoms with Crippen LogP contribution >= 0.6 is 0 Å². The molecular weight excluding hydrogens is 256 g/mol.